The molecule has 0 saturated carbocycles. The highest BCUT2D eigenvalue weighted by Gasteiger charge is 2.02. The summed E-state index contributed by atoms with van der Waals surface area (Å²) in [6.45, 7) is 4.63. The van der Waals surface area contributed by atoms with E-state index in [0.717, 1.165) is 6.42 Å². The molecular formula is C13H19NO. The fourth-order valence-corrected chi connectivity index (χ4v) is 1.78. The van der Waals surface area contributed by atoms with Gasteiger partial charge in [0.1, 0.15) is 5.78 Å². The zero-order valence-electron chi connectivity index (χ0n) is 9.55. The van der Waals surface area contributed by atoms with Gasteiger partial charge in [0.25, 0.3) is 0 Å². The minimum absolute atomic E-state index is 0.261. The van der Waals surface area contributed by atoms with Gasteiger partial charge in [-0.2, -0.15) is 0 Å². The summed E-state index contributed by atoms with van der Waals surface area (Å²) in [5.41, 5.74) is 9.09. The highest BCUT2D eigenvalue weighted by atomic mass is 16.1. The molecule has 0 unspecified atom stereocenters. The lowest BCUT2D eigenvalue weighted by Crippen LogP contribution is -2.08. The summed E-state index contributed by atoms with van der Waals surface area (Å²) in [7, 11) is 0. The van der Waals surface area contributed by atoms with Crippen LogP contribution in [-0.4, -0.2) is 12.3 Å². The van der Waals surface area contributed by atoms with Crippen LogP contribution in [0.5, 0.6) is 0 Å². The molecular weight excluding hydrogens is 186 g/mol. The van der Waals surface area contributed by atoms with E-state index in [4.69, 9.17) is 5.73 Å². The number of carbonyl (C=O) groups excluding carboxylic acids is 1. The Bertz CT molecular complexity index is 324. The van der Waals surface area contributed by atoms with Crippen molar-refractivity contribution in [2.24, 2.45) is 5.73 Å². The molecule has 2 heteroatoms. The lowest BCUT2D eigenvalue weighted by atomic mass is 10.0. The van der Waals surface area contributed by atoms with Gasteiger partial charge in [-0.25, -0.2) is 0 Å². The predicted molar refractivity (Wildman–Crippen MR) is 62.9 cm³/mol. The second-order valence-electron chi connectivity index (χ2n) is 4.07. The van der Waals surface area contributed by atoms with Crippen LogP contribution in [0.1, 0.15) is 29.5 Å². The van der Waals surface area contributed by atoms with E-state index in [-0.39, 0.29) is 5.78 Å². The lowest BCUT2D eigenvalue weighted by Gasteiger charge is -2.04. The third-order valence-electron chi connectivity index (χ3n) is 2.40. The first-order valence-electron chi connectivity index (χ1n) is 5.41. The van der Waals surface area contributed by atoms with Gasteiger partial charge in [-0.15, -0.1) is 0 Å². The van der Waals surface area contributed by atoms with Crippen molar-refractivity contribution in [3.8, 4) is 0 Å². The van der Waals surface area contributed by atoms with Crippen LogP contribution in [0, 0.1) is 13.8 Å². The zero-order chi connectivity index (χ0) is 11.3. The molecule has 0 heterocycles. The Morgan fingerprint density at radius 3 is 2.27 bits per heavy atom. The minimum Gasteiger partial charge on any atom is -0.330 e. The molecule has 2 N–H and O–H groups in total. The van der Waals surface area contributed by atoms with Crippen LogP contribution in [0.15, 0.2) is 18.2 Å². The molecule has 82 valence electrons. The number of carbonyl (C=O) groups is 1. The minimum atomic E-state index is 0.261. The summed E-state index contributed by atoms with van der Waals surface area (Å²) < 4.78 is 0. The maximum atomic E-state index is 11.3. The Hall–Kier alpha value is -1.15. The Morgan fingerprint density at radius 2 is 1.73 bits per heavy atom. The molecule has 0 radical (unpaired) electrons. The van der Waals surface area contributed by atoms with Gasteiger partial charge in [-0.3, -0.25) is 4.79 Å². The van der Waals surface area contributed by atoms with E-state index >= 15 is 0 Å². The molecule has 0 amide bonds. The molecule has 1 aromatic carbocycles. The van der Waals surface area contributed by atoms with Crippen molar-refractivity contribution in [3.63, 3.8) is 0 Å². The average Bonchev–Trinajstić information content (AvgIpc) is 2.14. The number of ketones is 1. The molecule has 2 nitrogen and oxygen atoms in total. The maximum Gasteiger partial charge on any atom is 0.134 e. The average molecular weight is 205 g/mol. The second-order valence-corrected chi connectivity index (χ2v) is 4.07. The quantitative estimate of drug-likeness (QED) is 0.800. The van der Waals surface area contributed by atoms with Crippen LogP contribution in [0.3, 0.4) is 0 Å². The summed E-state index contributed by atoms with van der Waals surface area (Å²) in [6, 6.07) is 6.43. The topological polar surface area (TPSA) is 43.1 Å². The van der Waals surface area contributed by atoms with Crippen molar-refractivity contribution in [3.05, 3.63) is 34.9 Å². The van der Waals surface area contributed by atoms with E-state index in [1.165, 1.54) is 16.7 Å². The molecule has 0 aromatic heterocycles. The van der Waals surface area contributed by atoms with E-state index in [1.54, 1.807) is 0 Å². The lowest BCUT2D eigenvalue weighted by molar-refractivity contribution is -0.118. The van der Waals surface area contributed by atoms with Crippen LogP contribution < -0.4 is 5.73 Å². The molecule has 1 rings (SSSR count). The van der Waals surface area contributed by atoms with Gasteiger partial charge >= 0.3 is 0 Å². The van der Waals surface area contributed by atoms with Crippen molar-refractivity contribution in [1.29, 1.82) is 0 Å². The largest absolute Gasteiger partial charge is 0.330 e. The van der Waals surface area contributed by atoms with Crippen molar-refractivity contribution in [2.75, 3.05) is 6.54 Å². The summed E-state index contributed by atoms with van der Waals surface area (Å²) in [5, 5.41) is 0. The summed E-state index contributed by atoms with van der Waals surface area (Å²) in [4.78, 5) is 11.3. The monoisotopic (exact) mass is 205 g/mol. The standard InChI is InChI=1S/C13H19NO/c1-10-7-11(2)9-12(8-10)3-4-13(15)5-6-14/h7-9H,3-6,14H2,1-2H3. The van der Waals surface area contributed by atoms with Gasteiger partial charge in [0.05, 0.1) is 0 Å². The Balaban J connectivity index is 2.54. The molecule has 0 spiro atoms. The maximum absolute atomic E-state index is 11.3. The van der Waals surface area contributed by atoms with Crippen molar-refractivity contribution in [1.82, 2.24) is 0 Å². The van der Waals surface area contributed by atoms with Gasteiger partial charge in [0, 0.05) is 12.8 Å². The molecule has 0 atom stereocenters. The van der Waals surface area contributed by atoms with E-state index in [9.17, 15) is 4.79 Å². The van der Waals surface area contributed by atoms with E-state index in [0.29, 0.717) is 19.4 Å². The molecule has 0 aliphatic rings. The number of nitrogens with two attached hydrogens (primary N) is 1. The van der Waals surface area contributed by atoms with Crippen LogP contribution >= 0.6 is 0 Å². The van der Waals surface area contributed by atoms with E-state index < -0.39 is 0 Å². The van der Waals surface area contributed by atoms with Crippen molar-refractivity contribution < 1.29 is 4.79 Å². The molecule has 15 heavy (non-hydrogen) atoms. The normalized spacial score (nSPS) is 10.3. The van der Waals surface area contributed by atoms with E-state index in [1.807, 2.05) is 0 Å². The summed E-state index contributed by atoms with van der Waals surface area (Å²) >= 11 is 0. The summed E-state index contributed by atoms with van der Waals surface area (Å²) in [6.07, 6.45) is 1.95. The number of benzene rings is 1. The molecule has 0 saturated heterocycles. The molecule has 0 fully saturated rings. The van der Waals surface area contributed by atoms with Crippen molar-refractivity contribution in [2.45, 2.75) is 33.1 Å². The molecule has 0 aliphatic carbocycles. The Morgan fingerprint density at radius 1 is 1.13 bits per heavy atom. The summed E-state index contributed by atoms with van der Waals surface area (Å²) in [5.74, 6) is 0.261. The fourth-order valence-electron chi connectivity index (χ4n) is 1.78. The van der Waals surface area contributed by atoms with Crippen molar-refractivity contribution >= 4 is 5.78 Å². The van der Waals surface area contributed by atoms with Crippen LogP contribution in [0.4, 0.5) is 0 Å². The molecule has 0 bridgehead atoms. The third kappa shape index (κ3) is 4.26. The van der Waals surface area contributed by atoms with Gasteiger partial charge < -0.3 is 5.73 Å². The molecule has 0 aliphatic heterocycles. The van der Waals surface area contributed by atoms with Crippen LogP contribution in [0.2, 0.25) is 0 Å². The first-order chi connectivity index (χ1) is 7.11. The first kappa shape index (κ1) is 11.9. The highest BCUT2D eigenvalue weighted by Crippen LogP contribution is 2.11. The number of rotatable bonds is 5. The van der Waals surface area contributed by atoms with Gasteiger partial charge in [-0.1, -0.05) is 29.3 Å². The smallest absolute Gasteiger partial charge is 0.134 e. The van der Waals surface area contributed by atoms with Gasteiger partial charge in [0.15, 0.2) is 0 Å². The second kappa shape index (κ2) is 5.66. The van der Waals surface area contributed by atoms with E-state index in [2.05, 4.69) is 32.0 Å². The Labute approximate surface area is 91.5 Å². The number of hydrogen-bond donors (Lipinski definition) is 1. The number of Topliss-reactive ketones (excluding diaryl/α,β-unsaturated/α-hetero) is 1. The predicted octanol–water partition coefficient (Wildman–Crippen LogP) is 2.15. The Kier molecular flexibility index (Phi) is 4.50. The van der Waals surface area contributed by atoms with Crippen LogP contribution in [0.25, 0.3) is 0 Å². The fraction of sp³-hybridized carbons (Fsp3) is 0.462. The SMILES string of the molecule is Cc1cc(C)cc(CCC(=O)CCN)c1. The van der Waals surface area contributed by atoms with Crippen LogP contribution in [-0.2, 0) is 11.2 Å². The van der Waals surface area contributed by atoms with Gasteiger partial charge in [0.2, 0.25) is 0 Å². The number of hydrogen-bond acceptors (Lipinski definition) is 2. The van der Waals surface area contributed by atoms with Gasteiger partial charge in [-0.05, 0) is 32.4 Å². The zero-order valence-corrected chi connectivity index (χ0v) is 9.55. The first-order valence-corrected chi connectivity index (χ1v) is 5.41. The highest BCUT2D eigenvalue weighted by molar-refractivity contribution is 5.78. The molecule has 1 aromatic rings. The third-order valence-corrected chi connectivity index (χ3v) is 2.40. The number of aryl methyl sites for hydroxylation is 3.